The highest BCUT2D eigenvalue weighted by molar-refractivity contribution is 8.01. The number of hydrogen-bond donors (Lipinski definition) is 0. The molecule has 162 valence electrons. The smallest absolute Gasteiger partial charge is 0.268 e. The van der Waals surface area contributed by atoms with E-state index in [1.807, 2.05) is 30.9 Å². The maximum absolute atomic E-state index is 14.1. The minimum atomic E-state index is -1.04. The van der Waals surface area contributed by atoms with Crippen LogP contribution in [0.1, 0.15) is 32.6 Å². The summed E-state index contributed by atoms with van der Waals surface area (Å²) in [5.41, 5.74) is 5.63. The van der Waals surface area contributed by atoms with Crippen LogP contribution in [0.4, 0.5) is 5.69 Å². The van der Waals surface area contributed by atoms with E-state index in [1.54, 1.807) is 40.9 Å². The summed E-state index contributed by atoms with van der Waals surface area (Å²) in [5, 5.41) is 0.578. The van der Waals surface area contributed by atoms with E-state index >= 15 is 0 Å². The fourth-order valence-corrected chi connectivity index (χ4v) is 6.09. The van der Waals surface area contributed by atoms with Gasteiger partial charge in [-0.3, -0.25) is 9.59 Å². The third kappa shape index (κ3) is 3.31. The van der Waals surface area contributed by atoms with Crippen molar-refractivity contribution in [2.75, 3.05) is 17.2 Å². The lowest BCUT2D eigenvalue weighted by Crippen LogP contribution is -2.50. The molecule has 5 rings (SSSR count). The van der Waals surface area contributed by atoms with Gasteiger partial charge in [-0.2, -0.15) is 0 Å². The van der Waals surface area contributed by atoms with Crippen LogP contribution >= 0.6 is 23.4 Å². The van der Waals surface area contributed by atoms with Gasteiger partial charge in [0.15, 0.2) is 4.87 Å². The number of rotatable bonds is 3. The quantitative estimate of drug-likeness (QED) is 0.512. The highest BCUT2D eigenvalue weighted by Crippen LogP contribution is 2.55. The molecule has 32 heavy (non-hydrogen) atoms. The van der Waals surface area contributed by atoms with E-state index in [2.05, 4.69) is 30.3 Å². The number of carbonyl (C=O) groups excluding carboxylic acids is 2. The fraction of sp³-hybridized carbons (Fsp3) is 0.231. The average molecular weight is 463 g/mol. The predicted octanol–water partition coefficient (Wildman–Crippen LogP) is 5.55. The van der Waals surface area contributed by atoms with Gasteiger partial charge in [0.25, 0.3) is 11.8 Å². The van der Waals surface area contributed by atoms with Crippen molar-refractivity contribution < 1.29 is 9.59 Å². The number of carbonyl (C=O) groups is 2. The summed E-state index contributed by atoms with van der Waals surface area (Å²) in [5.74, 6) is 0.504. The summed E-state index contributed by atoms with van der Waals surface area (Å²) in [6, 6.07) is 21.2. The second-order valence-electron chi connectivity index (χ2n) is 8.35. The molecule has 1 spiro atoms. The Kier molecular flexibility index (Phi) is 5.26. The first-order valence-electron chi connectivity index (χ1n) is 10.6. The van der Waals surface area contributed by atoms with E-state index in [0.29, 0.717) is 29.4 Å². The Balaban J connectivity index is 1.58. The maximum atomic E-state index is 14.1. The molecule has 3 aromatic carbocycles. The minimum Gasteiger partial charge on any atom is -0.311 e. The van der Waals surface area contributed by atoms with E-state index in [1.165, 1.54) is 5.56 Å². The standard InChI is InChI=1S/C26H23ClN2O2S/c1-17-3-6-19(7-4-17)16-28-23-12-5-18(2)15-22(23)26(25(28)31)29(13-14-32-26)24(30)20-8-10-21(27)11-9-20/h3-12,15H,13-14,16H2,1-2H3. The molecule has 0 bridgehead atoms. The number of thioether (sulfide) groups is 1. The van der Waals surface area contributed by atoms with Gasteiger partial charge in [-0.1, -0.05) is 59.1 Å². The van der Waals surface area contributed by atoms with Gasteiger partial charge < -0.3 is 9.80 Å². The molecule has 1 fully saturated rings. The number of benzene rings is 3. The normalized spacial score (nSPS) is 19.7. The SMILES string of the molecule is Cc1ccc(CN2C(=O)C3(SCCN3C(=O)c3ccc(Cl)cc3)c3cc(C)ccc32)cc1. The van der Waals surface area contributed by atoms with Gasteiger partial charge in [-0.05, 0) is 49.7 Å². The zero-order valence-corrected chi connectivity index (χ0v) is 19.5. The third-order valence-electron chi connectivity index (χ3n) is 6.15. The molecule has 6 heteroatoms. The Morgan fingerprint density at radius 3 is 2.41 bits per heavy atom. The van der Waals surface area contributed by atoms with Crippen LogP contribution in [0.25, 0.3) is 0 Å². The van der Waals surface area contributed by atoms with Crippen molar-refractivity contribution in [3.8, 4) is 0 Å². The van der Waals surface area contributed by atoms with Crippen molar-refractivity contribution >= 4 is 40.9 Å². The third-order valence-corrected chi connectivity index (χ3v) is 7.82. The Morgan fingerprint density at radius 1 is 1.00 bits per heavy atom. The van der Waals surface area contributed by atoms with E-state index in [0.717, 1.165) is 22.4 Å². The number of halogens is 1. The van der Waals surface area contributed by atoms with E-state index in [-0.39, 0.29) is 11.8 Å². The molecule has 3 aromatic rings. The van der Waals surface area contributed by atoms with E-state index < -0.39 is 4.87 Å². The zero-order chi connectivity index (χ0) is 22.5. The summed E-state index contributed by atoms with van der Waals surface area (Å²) >= 11 is 7.57. The van der Waals surface area contributed by atoms with Crippen molar-refractivity contribution in [1.82, 2.24) is 4.90 Å². The van der Waals surface area contributed by atoms with Crippen LogP contribution in [0.5, 0.6) is 0 Å². The molecule has 0 N–H and O–H groups in total. The first-order valence-corrected chi connectivity index (χ1v) is 12.0. The summed E-state index contributed by atoms with van der Waals surface area (Å²) in [6.45, 7) is 5.06. The van der Waals surface area contributed by atoms with E-state index in [4.69, 9.17) is 11.6 Å². The zero-order valence-electron chi connectivity index (χ0n) is 18.0. The largest absolute Gasteiger partial charge is 0.311 e. The summed E-state index contributed by atoms with van der Waals surface area (Å²) in [4.78, 5) is 30.2. The molecule has 1 atom stereocenters. The minimum absolute atomic E-state index is 0.0523. The highest BCUT2D eigenvalue weighted by Gasteiger charge is 2.59. The fourth-order valence-electron chi connectivity index (χ4n) is 4.51. The van der Waals surface area contributed by atoms with E-state index in [9.17, 15) is 9.59 Å². The van der Waals surface area contributed by atoms with Crippen LogP contribution in [-0.2, 0) is 16.2 Å². The molecule has 0 aliphatic carbocycles. The van der Waals surface area contributed by atoms with Crippen molar-refractivity contribution in [1.29, 1.82) is 0 Å². The molecule has 2 heterocycles. The number of nitrogens with zero attached hydrogens (tertiary/aromatic N) is 2. The lowest BCUT2D eigenvalue weighted by atomic mass is 10.0. The molecule has 4 nitrogen and oxygen atoms in total. The van der Waals surface area contributed by atoms with Gasteiger partial charge in [0, 0.05) is 28.4 Å². The second-order valence-corrected chi connectivity index (χ2v) is 10.1. The molecule has 2 aliphatic rings. The van der Waals surface area contributed by atoms with Crippen LogP contribution in [-0.4, -0.2) is 29.0 Å². The average Bonchev–Trinajstić information content (AvgIpc) is 3.32. The second kappa shape index (κ2) is 7.98. The van der Waals surface area contributed by atoms with Crippen LogP contribution in [0.2, 0.25) is 5.02 Å². The predicted molar refractivity (Wildman–Crippen MR) is 130 cm³/mol. The van der Waals surface area contributed by atoms with Crippen molar-refractivity contribution in [2.24, 2.45) is 0 Å². The molecule has 0 radical (unpaired) electrons. The van der Waals surface area contributed by atoms with Crippen LogP contribution in [0.15, 0.2) is 66.7 Å². The number of hydrogen-bond acceptors (Lipinski definition) is 3. The summed E-state index contributed by atoms with van der Waals surface area (Å²) in [6.07, 6.45) is 0. The highest BCUT2D eigenvalue weighted by atomic mass is 35.5. The van der Waals surface area contributed by atoms with Gasteiger partial charge >= 0.3 is 0 Å². The van der Waals surface area contributed by atoms with Crippen LogP contribution in [0, 0.1) is 13.8 Å². The number of anilines is 1. The van der Waals surface area contributed by atoms with Gasteiger partial charge in [0.05, 0.1) is 12.2 Å². The first kappa shape index (κ1) is 21.1. The Hall–Kier alpha value is -2.76. The molecule has 1 unspecified atom stereocenters. The van der Waals surface area contributed by atoms with Gasteiger partial charge in [-0.15, -0.1) is 11.8 Å². The number of fused-ring (bicyclic) bond motifs is 2. The number of aryl methyl sites for hydroxylation is 2. The van der Waals surface area contributed by atoms with Gasteiger partial charge in [-0.25, -0.2) is 0 Å². The topological polar surface area (TPSA) is 40.6 Å². The lowest BCUT2D eigenvalue weighted by Gasteiger charge is -2.33. The maximum Gasteiger partial charge on any atom is 0.268 e. The molecular weight excluding hydrogens is 440 g/mol. The van der Waals surface area contributed by atoms with Crippen LogP contribution < -0.4 is 4.90 Å². The molecule has 1 saturated heterocycles. The van der Waals surface area contributed by atoms with Gasteiger partial charge in [0.2, 0.25) is 0 Å². The summed E-state index contributed by atoms with van der Waals surface area (Å²) < 4.78 is 0. The monoisotopic (exact) mass is 462 g/mol. The Labute approximate surface area is 197 Å². The van der Waals surface area contributed by atoms with Crippen molar-refractivity contribution in [2.45, 2.75) is 25.3 Å². The van der Waals surface area contributed by atoms with Crippen molar-refractivity contribution in [3.05, 3.63) is 99.6 Å². The van der Waals surface area contributed by atoms with Crippen molar-refractivity contribution in [3.63, 3.8) is 0 Å². The molecule has 0 saturated carbocycles. The first-order chi connectivity index (χ1) is 15.4. The molecule has 2 aliphatic heterocycles. The summed E-state index contributed by atoms with van der Waals surface area (Å²) in [7, 11) is 0. The molecule has 2 amide bonds. The molecule has 0 aromatic heterocycles. The van der Waals surface area contributed by atoms with Gasteiger partial charge in [0.1, 0.15) is 0 Å². The van der Waals surface area contributed by atoms with Crippen LogP contribution in [0.3, 0.4) is 0 Å². The molecular formula is C26H23ClN2O2S. The lowest BCUT2D eigenvalue weighted by molar-refractivity contribution is -0.123. The Morgan fingerprint density at radius 2 is 1.69 bits per heavy atom. The number of amides is 2. The Bertz CT molecular complexity index is 1210.